The van der Waals surface area contributed by atoms with Crippen molar-refractivity contribution in [2.75, 3.05) is 13.2 Å². The highest BCUT2D eigenvalue weighted by Gasteiger charge is 2.15. The first-order valence-corrected chi connectivity index (χ1v) is 7.31. The molecule has 3 aromatic rings. The van der Waals surface area contributed by atoms with Gasteiger partial charge in [0.1, 0.15) is 19.0 Å². The first-order valence-electron chi connectivity index (χ1n) is 6.78. The number of nitrogens with zero attached hydrogens (tertiary/aromatic N) is 1. The van der Waals surface area contributed by atoms with Crippen LogP contribution in [-0.2, 0) is 5.88 Å². The number of imidazole rings is 1. The minimum atomic E-state index is 0.490. The van der Waals surface area contributed by atoms with Gasteiger partial charge in [0.25, 0.3) is 0 Å². The molecule has 2 aromatic carbocycles. The van der Waals surface area contributed by atoms with E-state index in [2.05, 4.69) is 9.97 Å². The van der Waals surface area contributed by atoms with Crippen molar-refractivity contribution in [1.82, 2.24) is 9.97 Å². The minimum absolute atomic E-state index is 0.490. The van der Waals surface area contributed by atoms with Crippen molar-refractivity contribution in [3.63, 3.8) is 0 Å². The molecule has 0 fully saturated rings. The number of rotatable bonds is 2. The third kappa shape index (κ3) is 2.21. The minimum Gasteiger partial charge on any atom is -0.486 e. The second-order valence-corrected chi connectivity index (χ2v) is 5.20. The maximum atomic E-state index is 5.89. The first-order chi connectivity index (χ1) is 10.3. The van der Waals surface area contributed by atoms with E-state index in [4.69, 9.17) is 21.1 Å². The molecule has 0 saturated heterocycles. The fourth-order valence-corrected chi connectivity index (χ4v) is 2.65. The van der Waals surface area contributed by atoms with Crippen molar-refractivity contribution in [1.29, 1.82) is 0 Å². The van der Waals surface area contributed by atoms with Gasteiger partial charge in [-0.15, -0.1) is 11.6 Å². The molecule has 106 valence electrons. The van der Waals surface area contributed by atoms with E-state index in [0.717, 1.165) is 39.5 Å². The zero-order chi connectivity index (χ0) is 14.2. The van der Waals surface area contributed by atoms with Crippen LogP contribution in [-0.4, -0.2) is 23.2 Å². The molecule has 0 spiro atoms. The Labute approximate surface area is 126 Å². The lowest BCUT2D eigenvalue weighted by molar-refractivity contribution is 0.172. The van der Waals surface area contributed by atoms with E-state index in [-0.39, 0.29) is 0 Å². The van der Waals surface area contributed by atoms with E-state index in [1.165, 1.54) is 0 Å². The Hall–Kier alpha value is -2.20. The Bertz CT molecular complexity index is 770. The van der Waals surface area contributed by atoms with Gasteiger partial charge in [0.2, 0.25) is 0 Å². The number of halogens is 1. The van der Waals surface area contributed by atoms with Gasteiger partial charge in [0.05, 0.1) is 11.0 Å². The number of nitrogens with one attached hydrogen (secondary N) is 1. The quantitative estimate of drug-likeness (QED) is 0.733. The number of fused-ring (bicyclic) bond motifs is 2. The Kier molecular flexibility index (Phi) is 2.97. The molecular formula is C16H13ClN2O2. The average molecular weight is 301 g/mol. The van der Waals surface area contributed by atoms with Crippen molar-refractivity contribution in [2.24, 2.45) is 0 Å². The molecule has 2 heterocycles. The van der Waals surface area contributed by atoms with E-state index in [1.807, 2.05) is 36.4 Å². The molecule has 4 nitrogen and oxygen atoms in total. The Morgan fingerprint density at radius 3 is 2.71 bits per heavy atom. The van der Waals surface area contributed by atoms with Crippen molar-refractivity contribution >= 4 is 22.6 Å². The van der Waals surface area contributed by atoms with Gasteiger partial charge in [-0.2, -0.15) is 0 Å². The maximum absolute atomic E-state index is 5.89. The monoisotopic (exact) mass is 300 g/mol. The summed E-state index contributed by atoms with van der Waals surface area (Å²) in [4.78, 5) is 7.96. The summed E-state index contributed by atoms with van der Waals surface area (Å²) in [5.74, 6) is 2.82. The van der Waals surface area contributed by atoms with Crippen LogP contribution >= 0.6 is 11.6 Å². The van der Waals surface area contributed by atoms with Crippen molar-refractivity contribution in [3.05, 3.63) is 42.0 Å². The average Bonchev–Trinajstić information content (AvgIpc) is 2.95. The molecule has 1 aliphatic heterocycles. The molecule has 21 heavy (non-hydrogen) atoms. The molecule has 4 rings (SSSR count). The fraction of sp³-hybridized carbons (Fsp3) is 0.188. The van der Waals surface area contributed by atoms with Gasteiger partial charge in [-0.3, -0.25) is 0 Å². The predicted octanol–water partition coefficient (Wildman–Crippen LogP) is 3.74. The molecule has 1 aromatic heterocycles. The van der Waals surface area contributed by atoms with Crippen LogP contribution in [0.1, 0.15) is 5.56 Å². The van der Waals surface area contributed by atoms with Crippen LogP contribution in [0.4, 0.5) is 0 Å². The molecule has 0 amide bonds. The van der Waals surface area contributed by atoms with Gasteiger partial charge >= 0.3 is 0 Å². The van der Waals surface area contributed by atoms with Crippen molar-refractivity contribution < 1.29 is 9.47 Å². The number of hydrogen-bond acceptors (Lipinski definition) is 3. The first kappa shape index (κ1) is 12.5. The fourth-order valence-electron chi connectivity index (χ4n) is 2.49. The smallest absolute Gasteiger partial charge is 0.163 e. The van der Waals surface area contributed by atoms with Crippen LogP contribution in [0, 0.1) is 0 Å². The number of benzene rings is 2. The van der Waals surface area contributed by atoms with Crippen LogP contribution in [0.15, 0.2) is 36.4 Å². The lowest BCUT2D eigenvalue weighted by atomic mass is 10.1. The van der Waals surface area contributed by atoms with Gasteiger partial charge in [-0.25, -0.2) is 4.98 Å². The van der Waals surface area contributed by atoms with Crippen LogP contribution in [0.2, 0.25) is 0 Å². The number of aromatic nitrogens is 2. The summed E-state index contributed by atoms with van der Waals surface area (Å²) < 4.78 is 11.2. The van der Waals surface area contributed by atoms with E-state index < -0.39 is 0 Å². The number of aromatic amines is 1. The second kappa shape index (κ2) is 4.97. The van der Waals surface area contributed by atoms with Crippen LogP contribution in [0.5, 0.6) is 11.5 Å². The molecule has 0 atom stereocenters. The van der Waals surface area contributed by atoms with Crippen molar-refractivity contribution in [2.45, 2.75) is 5.88 Å². The highest BCUT2D eigenvalue weighted by Crippen LogP contribution is 2.34. The zero-order valence-corrected chi connectivity index (χ0v) is 12.0. The SMILES string of the molecule is ClCc1cccc(-c2nc3cc4c(cc3[nH]2)OCCO4)c1. The number of alkyl halides is 1. The molecule has 0 radical (unpaired) electrons. The van der Waals surface area contributed by atoms with E-state index in [1.54, 1.807) is 0 Å². The summed E-state index contributed by atoms with van der Waals surface area (Å²) in [7, 11) is 0. The molecule has 0 unspecified atom stereocenters. The Morgan fingerprint density at radius 2 is 1.90 bits per heavy atom. The van der Waals surface area contributed by atoms with Gasteiger partial charge in [0, 0.05) is 23.6 Å². The maximum Gasteiger partial charge on any atom is 0.163 e. The summed E-state index contributed by atoms with van der Waals surface area (Å²) in [6.07, 6.45) is 0. The van der Waals surface area contributed by atoms with Gasteiger partial charge in [-0.1, -0.05) is 18.2 Å². The standard InChI is InChI=1S/C16H13ClN2O2/c17-9-10-2-1-3-11(6-10)16-18-12-7-14-15(8-13(12)19-16)21-5-4-20-14/h1-3,6-8H,4-5,9H2,(H,18,19). The topological polar surface area (TPSA) is 47.1 Å². The van der Waals surface area contributed by atoms with Crippen LogP contribution in [0.3, 0.4) is 0 Å². The largest absolute Gasteiger partial charge is 0.486 e. The molecule has 1 aliphatic rings. The summed E-state index contributed by atoms with van der Waals surface area (Å²) in [6.45, 7) is 1.16. The molecule has 1 N–H and O–H groups in total. The molecule has 0 bridgehead atoms. The molecule has 0 aliphatic carbocycles. The number of ether oxygens (including phenoxy) is 2. The van der Waals surface area contributed by atoms with Gasteiger partial charge in [0.15, 0.2) is 11.5 Å². The van der Waals surface area contributed by atoms with E-state index >= 15 is 0 Å². The Balaban J connectivity index is 1.82. The summed E-state index contributed by atoms with van der Waals surface area (Å²) in [5, 5.41) is 0. The van der Waals surface area contributed by atoms with Crippen LogP contribution < -0.4 is 9.47 Å². The van der Waals surface area contributed by atoms with E-state index in [9.17, 15) is 0 Å². The summed E-state index contributed by atoms with van der Waals surface area (Å²) in [5.41, 5.74) is 3.89. The molecular weight excluding hydrogens is 288 g/mol. The zero-order valence-electron chi connectivity index (χ0n) is 11.2. The lowest BCUT2D eigenvalue weighted by Gasteiger charge is -2.17. The molecule has 0 saturated carbocycles. The second-order valence-electron chi connectivity index (χ2n) is 4.93. The van der Waals surface area contributed by atoms with E-state index in [0.29, 0.717) is 19.1 Å². The molecule has 5 heteroatoms. The highest BCUT2D eigenvalue weighted by atomic mass is 35.5. The summed E-state index contributed by atoms with van der Waals surface area (Å²) >= 11 is 5.89. The predicted molar refractivity (Wildman–Crippen MR) is 82.1 cm³/mol. The number of H-pyrrole nitrogens is 1. The summed E-state index contributed by atoms with van der Waals surface area (Å²) in [6, 6.07) is 11.9. The number of hydrogen-bond donors (Lipinski definition) is 1. The van der Waals surface area contributed by atoms with Gasteiger partial charge < -0.3 is 14.5 Å². The normalized spacial score (nSPS) is 13.6. The third-order valence-electron chi connectivity index (χ3n) is 3.50. The Morgan fingerprint density at radius 1 is 1.10 bits per heavy atom. The van der Waals surface area contributed by atoms with Crippen molar-refractivity contribution in [3.8, 4) is 22.9 Å². The highest BCUT2D eigenvalue weighted by molar-refractivity contribution is 6.17. The lowest BCUT2D eigenvalue weighted by Crippen LogP contribution is -2.15. The third-order valence-corrected chi connectivity index (χ3v) is 3.81. The van der Waals surface area contributed by atoms with Crippen LogP contribution in [0.25, 0.3) is 22.4 Å². The van der Waals surface area contributed by atoms with Gasteiger partial charge in [-0.05, 0) is 11.6 Å².